The number of benzene rings is 2. The molecule has 4 rings (SSSR count). The molecular formula is C24H22F2N2O5. The molecule has 33 heavy (non-hydrogen) atoms. The van der Waals surface area contributed by atoms with Crippen molar-refractivity contribution in [1.82, 2.24) is 10.2 Å². The van der Waals surface area contributed by atoms with E-state index in [0.29, 0.717) is 0 Å². The molecule has 172 valence electrons. The van der Waals surface area contributed by atoms with Crippen molar-refractivity contribution < 1.29 is 33.0 Å². The van der Waals surface area contributed by atoms with Crippen LogP contribution in [0.1, 0.15) is 17.0 Å². The summed E-state index contributed by atoms with van der Waals surface area (Å²) in [5, 5.41) is 11.3. The summed E-state index contributed by atoms with van der Waals surface area (Å²) in [6.45, 7) is -1.42. The highest BCUT2D eigenvalue weighted by Gasteiger charge is 2.53. The molecule has 2 amide bonds. The Hall–Kier alpha value is -3.75. The fraction of sp³-hybridized carbons (Fsp3) is 0.292. The van der Waals surface area contributed by atoms with Crippen molar-refractivity contribution in [2.75, 3.05) is 26.2 Å². The number of nitrogens with zero attached hydrogens (tertiary/aromatic N) is 1. The molecule has 1 aliphatic heterocycles. The van der Waals surface area contributed by atoms with Gasteiger partial charge in [-0.25, -0.2) is 13.6 Å². The molecule has 1 unspecified atom stereocenters. The molecule has 1 fully saturated rings. The number of amides is 2. The van der Waals surface area contributed by atoms with Gasteiger partial charge in [0.1, 0.15) is 12.5 Å². The van der Waals surface area contributed by atoms with Crippen LogP contribution < -0.4 is 5.32 Å². The van der Waals surface area contributed by atoms with Crippen molar-refractivity contribution in [3.8, 4) is 11.1 Å². The molecule has 2 N–H and O–H groups in total. The number of hydrogen-bond acceptors (Lipinski definition) is 4. The maximum absolute atomic E-state index is 13.7. The second kappa shape index (κ2) is 9.01. The first-order valence-corrected chi connectivity index (χ1v) is 10.4. The van der Waals surface area contributed by atoms with Crippen molar-refractivity contribution in [3.63, 3.8) is 0 Å². The summed E-state index contributed by atoms with van der Waals surface area (Å²) >= 11 is 0. The molecule has 2 aromatic rings. The number of likely N-dealkylation sites (tertiary alicyclic amines) is 1. The van der Waals surface area contributed by atoms with Gasteiger partial charge in [0.2, 0.25) is 5.91 Å². The summed E-state index contributed by atoms with van der Waals surface area (Å²) in [6.07, 6.45) is 1.66. The van der Waals surface area contributed by atoms with Crippen LogP contribution in [-0.2, 0) is 14.3 Å². The zero-order chi connectivity index (χ0) is 23.6. The van der Waals surface area contributed by atoms with Crippen molar-refractivity contribution >= 4 is 18.0 Å². The normalized spacial score (nSPS) is 18.7. The van der Waals surface area contributed by atoms with E-state index in [2.05, 4.69) is 5.32 Å². The minimum Gasteiger partial charge on any atom is -0.481 e. The molecule has 9 heteroatoms. The van der Waals surface area contributed by atoms with E-state index < -0.39 is 42.9 Å². The molecule has 2 aliphatic rings. The smallest absolute Gasteiger partial charge is 0.407 e. The zero-order valence-corrected chi connectivity index (χ0v) is 17.5. The Morgan fingerprint density at radius 2 is 1.70 bits per heavy atom. The molecule has 0 radical (unpaired) electrons. The van der Waals surface area contributed by atoms with Crippen molar-refractivity contribution in [3.05, 3.63) is 71.8 Å². The summed E-state index contributed by atoms with van der Waals surface area (Å²) in [6, 6.07) is 15.9. The Bertz CT molecular complexity index is 1070. The number of carbonyl (C=O) groups excluding carboxylic acids is 2. The summed E-state index contributed by atoms with van der Waals surface area (Å²) in [5.74, 6) is -7.87. The number of carboxylic acid groups (broad SMARTS) is 1. The number of ether oxygens (including phenoxy) is 1. The summed E-state index contributed by atoms with van der Waals surface area (Å²) in [4.78, 5) is 35.8. The summed E-state index contributed by atoms with van der Waals surface area (Å²) in [5.41, 5.74) is 4.39. The lowest BCUT2D eigenvalue weighted by atomic mass is 9.98. The highest BCUT2D eigenvalue weighted by molar-refractivity contribution is 5.89. The molecule has 7 nitrogen and oxygen atoms in total. The third kappa shape index (κ3) is 4.57. The number of carboxylic acids is 1. The number of rotatable bonds is 6. The standard InChI is InChI=1S/C24H22F2N2O5/c25-24(26)14-28(12-20(24)22(30)31)21(29)10-5-11-27-23(32)33-13-19-17-8-3-1-6-15(17)16-7-2-4-9-18(16)19/h1-10,19-20H,11-14H2,(H,27,32)(H,30,31)/b10-5+. The lowest BCUT2D eigenvalue weighted by Gasteiger charge is -2.14. The second-order valence-electron chi connectivity index (χ2n) is 7.98. The quantitative estimate of drug-likeness (QED) is 0.651. The van der Waals surface area contributed by atoms with Crippen molar-refractivity contribution in [2.24, 2.45) is 5.92 Å². The van der Waals surface area contributed by atoms with Crippen LogP contribution in [0, 0.1) is 5.92 Å². The van der Waals surface area contributed by atoms with Crippen LogP contribution >= 0.6 is 0 Å². The van der Waals surface area contributed by atoms with Gasteiger partial charge in [-0.3, -0.25) is 9.59 Å². The number of hydrogen-bond donors (Lipinski definition) is 2. The molecule has 0 saturated carbocycles. The van der Waals surface area contributed by atoms with E-state index in [9.17, 15) is 23.2 Å². The third-order valence-corrected chi connectivity index (χ3v) is 5.89. The number of nitrogens with one attached hydrogen (secondary N) is 1. The number of aliphatic carboxylic acids is 1. The molecule has 0 aromatic heterocycles. The van der Waals surface area contributed by atoms with Crippen LogP contribution in [-0.4, -0.2) is 60.1 Å². The van der Waals surface area contributed by atoms with Gasteiger partial charge < -0.3 is 20.1 Å². The van der Waals surface area contributed by atoms with E-state index in [4.69, 9.17) is 9.84 Å². The Morgan fingerprint density at radius 1 is 1.09 bits per heavy atom. The van der Waals surface area contributed by atoms with Crippen molar-refractivity contribution in [2.45, 2.75) is 11.8 Å². The lowest BCUT2D eigenvalue weighted by Crippen LogP contribution is -2.33. The third-order valence-electron chi connectivity index (χ3n) is 5.89. The molecule has 1 aliphatic carbocycles. The van der Waals surface area contributed by atoms with E-state index >= 15 is 0 Å². The predicted octanol–water partition coefficient (Wildman–Crippen LogP) is 3.26. The zero-order valence-electron chi connectivity index (χ0n) is 17.5. The van der Waals surface area contributed by atoms with Gasteiger partial charge in [0.05, 0.1) is 6.54 Å². The van der Waals surface area contributed by atoms with Crippen LogP contribution in [0.25, 0.3) is 11.1 Å². The molecule has 0 bridgehead atoms. The Kier molecular flexibility index (Phi) is 6.13. The van der Waals surface area contributed by atoms with E-state index in [1.54, 1.807) is 0 Å². The Morgan fingerprint density at radius 3 is 2.27 bits per heavy atom. The van der Waals surface area contributed by atoms with Gasteiger partial charge in [-0.2, -0.15) is 0 Å². The topological polar surface area (TPSA) is 95.9 Å². The second-order valence-corrected chi connectivity index (χ2v) is 7.98. The average Bonchev–Trinajstić information content (AvgIpc) is 3.29. The van der Waals surface area contributed by atoms with Crippen molar-refractivity contribution in [1.29, 1.82) is 0 Å². The maximum Gasteiger partial charge on any atom is 0.407 e. The highest BCUT2D eigenvalue weighted by atomic mass is 19.3. The van der Waals surface area contributed by atoms with E-state index in [1.807, 2.05) is 48.5 Å². The summed E-state index contributed by atoms with van der Waals surface area (Å²) < 4.78 is 32.8. The number of carbonyl (C=O) groups is 3. The molecule has 1 atom stereocenters. The number of alkyl halides is 2. The van der Waals surface area contributed by atoms with Crippen LogP contribution in [0.4, 0.5) is 13.6 Å². The first kappa shape index (κ1) is 22.4. The van der Waals surface area contributed by atoms with Gasteiger partial charge >= 0.3 is 12.1 Å². The summed E-state index contributed by atoms with van der Waals surface area (Å²) in [7, 11) is 0. The average molecular weight is 456 g/mol. The fourth-order valence-corrected chi connectivity index (χ4v) is 4.27. The first-order chi connectivity index (χ1) is 15.8. The van der Waals surface area contributed by atoms with Gasteiger partial charge in [0, 0.05) is 25.1 Å². The fourth-order valence-electron chi connectivity index (χ4n) is 4.27. The molecule has 0 spiro atoms. The first-order valence-electron chi connectivity index (χ1n) is 10.4. The lowest BCUT2D eigenvalue weighted by molar-refractivity contribution is -0.151. The number of fused-ring (bicyclic) bond motifs is 3. The van der Waals surface area contributed by atoms with Crippen LogP contribution in [0.2, 0.25) is 0 Å². The van der Waals surface area contributed by atoms with E-state index in [1.165, 1.54) is 6.08 Å². The largest absolute Gasteiger partial charge is 0.481 e. The Labute approximate surface area is 188 Å². The predicted molar refractivity (Wildman–Crippen MR) is 115 cm³/mol. The van der Waals surface area contributed by atoms with Gasteiger partial charge in [0.15, 0.2) is 0 Å². The molecular weight excluding hydrogens is 434 g/mol. The monoisotopic (exact) mass is 456 g/mol. The minimum atomic E-state index is -3.48. The Balaban J connectivity index is 1.27. The molecule has 2 aromatic carbocycles. The van der Waals surface area contributed by atoms with Gasteiger partial charge in [-0.05, 0) is 22.3 Å². The number of halogens is 2. The van der Waals surface area contributed by atoms with Gasteiger partial charge in [0.25, 0.3) is 5.92 Å². The van der Waals surface area contributed by atoms with E-state index in [-0.39, 0.29) is 19.1 Å². The van der Waals surface area contributed by atoms with E-state index in [0.717, 1.165) is 33.2 Å². The van der Waals surface area contributed by atoms with Crippen LogP contribution in [0.3, 0.4) is 0 Å². The van der Waals surface area contributed by atoms with Crippen LogP contribution in [0.15, 0.2) is 60.7 Å². The maximum atomic E-state index is 13.7. The van der Waals surface area contributed by atoms with Gasteiger partial charge in [-0.15, -0.1) is 0 Å². The van der Waals surface area contributed by atoms with Crippen LogP contribution in [0.5, 0.6) is 0 Å². The molecule has 1 saturated heterocycles. The molecule has 1 heterocycles. The highest BCUT2D eigenvalue weighted by Crippen LogP contribution is 2.44. The van der Waals surface area contributed by atoms with Gasteiger partial charge in [-0.1, -0.05) is 54.6 Å². The number of alkyl carbamates (subject to hydrolysis) is 1. The SMILES string of the molecule is O=C(NC/C=C/C(=O)N1CC(C(=O)O)C(F)(F)C1)OCC1c2ccccc2-c2ccccc21. The minimum absolute atomic E-state index is 0.0466.